The van der Waals surface area contributed by atoms with Crippen LogP contribution in [0, 0.1) is 0 Å². The molecule has 0 saturated carbocycles. The van der Waals surface area contributed by atoms with Crippen molar-refractivity contribution in [1.29, 1.82) is 0 Å². The van der Waals surface area contributed by atoms with Crippen LogP contribution in [0.1, 0.15) is 23.3 Å². The molecule has 310 valence electrons. The third-order valence-corrected chi connectivity index (χ3v) is 11.7. The van der Waals surface area contributed by atoms with E-state index in [0.29, 0.717) is 5.56 Å². The van der Waals surface area contributed by atoms with Crippen molar-refractivity contribution in [3.63, 3.8) is 0 Å². The van der Waals surface area contributed by atoms with Gasteiger partial charge in [0.1, 0.15) is 0 Å². The van der Waals surface area contributed by atoms with Gasteiger partial charge in [-0.3, -0.25) is 0 Å². The summed E-state index contributed by atoms with van der Waals surface area (Å²) < 4.78 is 157. The second kappa shape index (κ2) is 16.8. The maximum atomic E-state index is 9.79. The van der Waals surface area contributed by atoms with Crippen molar-refractivity contribution in [2.45, 2.75) is 0 Å². The van der Waals surface area contributed by atoms with E-state index < -0.39 is 136 Å². The van der Waals surface area contributed by atoms with Gasteiger partial charge in [0.2, 0.25) is 0 Å². The molecule has 66 heavy (non-hydrogen) atoms. The van der Waals surface area contributed by atoms with Crippen LogP contribution in [-0.4, -0.2) is 4.57 Å². The number of benzene rings is 11. The van der Waals surface area contributed by atoms with Crippen LogP contribution in [0.5, 0.6) is 0 Å². The standard InChI is InChI=1S/C64H44N2/c1-3-12-45(13-4-1)48-22-24-49(25-23-48)50-26-34-57(35-27-50)65(58-36-28-51(29-37-58)54-19-11-18-53(42-54)46-14-5-2-6-15-46)59-38-30-52(31-39-59)56-33-41-64-62(44-56)61-20-9-10-21-63(61)66(64)60-40-32-47-16-7-8-17-55(47)43-60/h1-44H/i1D,3D,4D,12D,13D,22D,23D,24D,25D,26D,27D,30D,31D,34D,35D,38D,39D. The molecule has 12 rings (SSSR count). The van der Waals surface area contributed by atoms with Gasteiger partial charge in [-0.1, -0.05) is 194 Å². The first-order valence-electron chi connectivity index (χ1n) is 29.8. The van der Waals surface area contributed by atoms with Gasteiger partial charge in [-0.25, -0.2) is 0 Å². The van der Waals surface area contributed by atoms with Crippen LogP contribution in [0.15, 0.2) is 267 Å². The summed E-state index contributed by atoms with van der Waals surface area (Å²) in [5.74, 6) is 0. The monoisotopic (exact) mass is 857 g/mol. The van der Waals surface area contributed by atoms with E-state index in [0.717, 1.165) is 65.4 Å². The summed E-state index contributed by atoms with van der Waals surface area (Å²) in [5, 5.41) is 3.81. The highest BCUT2D eigenvalue weighted by Gasteiger charge is 2.17. The number of nitrogens with zero attached hydrogens (tertiary/aromatic N) is 2. The summed E-state index contributed by atoms with van der Waals surface area (Å²) in [6, 6.07) is 39.2. The molecule has 1 heterocycles. The maximum absolute atomic E-state index is 9.79. The summed E-state index contributed by atoms with van der Waals surface area (Å²) >= 11 is 0. The van der Waals surface area contributed by atoms with Crippen molar-refractivity contribution in [3.8, 4) is 61.3 Å². The average Bonchev–Trinajstić information content (AvgIpc) is 4.07. The van der Waals surface area contributed by atoms with Crippen molar-refractivity contribution in [1.82, 2.24) is 4.57 Å². The predicted octanol–water partition coefficient (Wildman–Crippen LogP) is 17.7. The van der Waals surface area contributed by atoms with E-state index in [1.165, 1.54) is 0 Å². The van der Waals surface area contributed by atoms with E-state index >= 15 is 0 Å². The molecule has 0 bridgehead atoms. The molecule has 0 spiro atoms. The van der Waals surface area contributed by atoms with Crippen molar-refractivity contribution >= 4 is 49.6 Å². The van der Waals surface area contributed by atoms with Crippen LogP contribution in [0.25, 0.3) is 93.9 Å². The molecule has 2 heteroatoms. The Kier molecular flexibility index (Phi) is 6.34. The van der Waals surface area contributed by atoms with Gasteiger partial charge in [-0.05, 0) is 139 Å². The van der Waals surface area contributed by atoms with Gasteiger partial charge in [0.25, 0.3) is 0 Å². The molecule has 1 aromatic heterocycles. The van der Waals surface area contributed by atoms with Gasteiger partial charge in [0, 0.05) is 33.5 Å². The second-order valence-electron chi connectivity index (χ2n) is 15.6. The molecule has 0 unspecified atom stereocenters. The average molecular weight is 858 g/mol. The molecule has 0 fully saturated rings. The minimum absolute atomic E-state index is 0.0351. The van der Waals surface area contributed by atoms with Gasteiger partial charge in [0.05, 0.1) is 34.3 Å². The lowest BCUT2D eigenvalue weighted by atomic mass is 9.98. The molecular weight excluding hydrogens is 797 g/mol. The van der Waals surface area contributed by atoms with Crippen molar-refractivity contribution in [3.05, 3.63) is 267 Å². The first kappa shape index (κ1) is 24.9. The lowest BCUT2D eigenvalue weighted by Crippen LogP contribution is -2.09. The smallest absolute Gasteiger partial charge is 0.0645 e. The fourth-order valence-corrected chi connectivity index (χ4v) is 8.45. The first-order chi connectivity index (χ1) is 39.8. The first-order valence-corrected chi connectivity index (χ1v) is 21.3. The highest BCUT2D eigenvalue weighted by molar-refractivity contribution is 6.10. The van der Waals surface area contributed by atoms with Crippen LogP contribution in [-0.2, 0) is 0 Å². The lowest BCUT2D eigenvalue weighted by molar-refractivity contribution is 1.19. The third-order valence-electron chi connectivity index (χ3n) is 11.7. The van der Waals surface area contributed by atoms with Gasteiger partial charge < -0.3 is 9.47 Å². The SMILES string of the molecule is [2H]c1c([2H])c([2H])c(-c2c([2H])c([2H])c(-c3c([2H])c([2H])c(N(c4ccc(-c5cccc(-c6ccccc6)c5)cc4)c4c([2H])c([2H])c(-c5ccc6c(c5)c5ccccc5n6-c5ccc6ccccc6c5)c([2H])c4[2H])c([2H])c3[2H])c([2H])c2[2H])c([2H])c1[2H]. The largest absolute Gasteiger partial charge is 0.311 e. The minimum Gasteiger partial charge on any atom is -0.311 e. The van der Waals surface area contributed by atoms with Crippen LogP contribution in [0.2, 0.25) is 0 Å². The van der Waals surface area contributed by atoms with E-state index in [1.54, 1.807) is 30.3 Å². The fourth-order valence-electron chi connectivity index (χ4n) is 8.45. The van der Waals surface area contributed by atoms with E-state index in [4.69, 9.17) is 12.3 Å². The lowest BCUT2D eigenvalue weighted by Gasteiger charge is -2.26. The Morgan fingerprint density at radius 3 is 1.47 bits per heavy atom. The summed E-state index contributed by atoms with van der Waals surface area (Å²) in [5.41, 5.74) is 3.10. The van der Waals surface area contributed by atoms with Crippen LogP contribution in [0.4, 0.5) is 17.1 Å². The molecule has 0 aliphatic carbocycles. The molecular formula is C64H44N2. The highest BCUT2D eigenvalue weighted by atomic mass is 15.1. The quantitative estimate of drug-likeness (QED) is 0.140. The van der Waals surface area contributed by atoms with Crippen LogP contribution < -0.4 is 4.90 Å². The van der Waals surface area contributed by atoms with Gasteiger partial charge in [-0.15, -0.1) is 0 Å². The Balaban J connectivity index is 1.04. The Morgan fingerprint density at radius 2 is 0.788 bits per heavy atom. The number of hydrogen-bond donors (Lipinski definition) is 0. The molecule has 0 amide bonds. The summed E-state index contributed by atoms with van der Waals surface area (Å²) in [6.07, 6.45) is 0. The number of aromatic nitrogens is 1. The van der Waals surface area contributed by atoms with Gasteiger partial charge in [-0.2, -0.15) is 0 Å². The molecule has 0 radical (unpaired) electrons. The van der Waals surface area contributed by atoms with Crippen molar-refractivity contribution < 1.29 is 23.3 Å². The number of anilines is 3. The Morgan fingerprint density at radius 1 is 0.288 bits per heavy atom. The Labute approximate surface area is 409 Å². The summed E-state index contributed by atoms with van der Waals surface area (Å²) in [6.45, 7) is 0. The fraction of sp³-hybridized carbons (Fsp3) is 0. The number of hydrogen-bond acceptors (Lipinski definition) is 1. The van der Waals surface area contributed by atoms with E-state index in [1.807, 2.05) is 121 Å². The molecule has 0 N–H and O–H groups in total. The van der Waals surface area contributed by atoms with Crippen molar-refractivity contribution in [2.24, 2.45) is 0 Å². The predicted molar refractivity (Wildman–Crippen MR) is 280 cm³/mol. The summed E-state index contributed by atoms with van der Waals surface area (Å²) in [7, 11) is 0. The maximum Gasteiger partial charge on any atom is 0.0645 e. The topological polar surface area (TPSA) is 8.17 Å². The van der Waals surface area contributed by atoms with Gasteiger partial charge in [0.15, 0.2) is 0 Å². The van der Waals surface area contributed by atoms with Crippen LogP contribution in [0.3, 0.4) is 0 Å². The van der Waals surface area contributed by atoms with Crippen molar-refractivity contribution in [2.75, 3.05) is 4.90 Å². The minimum atomic E-state index is -0.878. The number of para-hydroxylation sites is 1. The Hall–Kier alpha value is -8.72. The normalized spacial score (nSPS) is 14.9. The van der Waals surface area contributed by atoms with Crippen LogP contribution >= 0.6 is 0 Å². The molecule has 0 atom stereocenters. The zero-order chi connectivity index (χ0) is 58.6. The van der Waals surface area contributed by atoms with E-state index in [2.05, 4.69) is 16.7 Å². The Bertz CT molecular complexity index is 4600. The molecule has 12 aromatic rings. The molecule has 0 aliphatic rings. The number of rotatable bonds is 9. The summed E-state index contributed by atoms with van der Waals surface area (Å²) in [4.78, 5) is 1.14. The van der Waals surface area contributed by atoms with E-state index in [9.17, 15) is 11.0 Å². The van der Waals surface area contributed by atoms with E-state index in [-0.39, 0.29) is 11.3 Å². The third kappa shape index (κ3) is 7.31. The highest BCUT2D eigenvalue weighted by Crippen LogP contribution is 2.40. The molecule has 2 nitrogen and oxygen atoms in total. The zero-order valence-corrected chi connectivity index (χ0v) is 35.0. The molecule has 0 saturated heterocycles. The molecule has 0 aliphatic heterocycles. The number of fused-ring (bicyclic) bond motifs is 4. The molecule has 11 aromatic carbocycles. The zero-order valence-electron chi connectivity index (χ0n) is 52.0. The van der Waals surface area contributed by atoms with Gasteiger partial charge >= 0.3 is 0 Å². The second-order valence-corrected chi connectivity index (χ2v) is 15.6.